The fraction of sp³-hybridized carbons (Fsp3) is 0. The molecule has 1 aromatic rings. The molecule has 32 valence electrons. The second-order valence-electron chi connectivity index (χ2n) is 0.771. The lowest BCUT2D eigenvalue weighted by Crippen LogP contribution is -1.51. The molecular formula is C2H2N2S2. The van der Waals surface area contributed by atoms with E-state index in [1.165, 1.54) is 11.5 Å². The van der Waals surface area contributed by atoms with Gasteiger partial charge in [0.05, 0.1) is 6.20 Å². The maximum atomic E-state index is 4.67. The van der Waals surface area contributed by atoms with Gasteiger partial charge < -0.3 is 0 Å². The number of hydrogen-bond acceptors (Lipinski definition) is 3. The van der Waals surface area contributed by atoms with Gasteiger partial charge in [0, 0.05) is 0 Å². The number of nitrogens with one attached hydrogen (secondary N) is 1. The summed E-state index contributed by atoms with van der Waals surface area (Å²) < 4.78 is 3.42. The van der Waals surface area contributed by atoms with Gasteiger partial charge in [0.15, 0.2) is 0 Å². The largest absolute Gasteiger partial charge is 0.231 e. The molecule has 4 heteroatoms. The van der Waals surface area contributed by atoms with Crippen LogP contribution in [0.25, 0.3) is 0 Å². The van der Waals surface area contributed by atoms with E-state index in [1.54, 1.807) is 6.20 Å². The van der Waals surface area contributed by atoms with Gasteiger partial charge in [-0.2, -0.15) is 5.10 Å². The lowest BCUT2D eigenvalue weighted by atomic mass is 11.0. The topological polar surface area (TPSA) is 28.7 Å². The average Bonchev–Trinajstić information content (AvgIpc) is 1.86. The van der Waals surface area contributed by atoms with E-state index in [0.29, 0.717) is 0 Å². The SMILES string of the molecule is S=c1cn[nH]s1. The van der Waals surface area contributed by atoms with Gasteiger partial charge in [-0.15, -0.1) is 0 Å². The van der Waals surface area contributed by atoms with Gasteiger partial charge in [-0.1, -0.05) is 12.2 Å². The molecule has 0 amide bonds. The smallest absolute Gasteiger partial charge is 0.128 e. The second kappa shape index (κ2) is 1.49. The maximum Gasteiger partial charge on any atom is 0.128 e. The molecule has 0 aromatic carbocycles. The zero-order chi connectivity index (χ0) is 4.41. The molecule has 0 aliphatic rings. The minimum Gasteiger partial charge on any atom is -0.231 e. The van der Waals surface area contributed by atoms with Gasteiger partial charge in [-0.05, 0) is 11.5 Å². The summed E-state index contributed by atoms with van der Waals surface area (Å²) in [5, 5.41) is 3.61. The van der Waals surface area contributed by atoms with Gasteiger partial charge in [-0.3, -0.25) is 0 Å². The lowest BCUT2D eigenvalue weighted by molar-refractivity contribution is 1.15. The molecule has 1 heterocycles. The van der Waals surface area contributed by atoms with Crippen molar-refractivity contribution in [3.05, 3.63) is 10.0 Å². The number of nitrogens with zero attached hydrogens (tertiary/aromatic N) is 1. The van der Waals surface area contributed by atoms with Gasteiger partial charge in [0.1, 0.15) is 3.82 Å². The highest BCUT2D eigenvalue weighted by Crippen LogP contribution is 1.88. The van der Waals surface area contributed by atoms with Crippen molar-refractivity contribution in [2.24, 2.45) is 0 Å². The molecule has 0 aliphatic heterocycles. The number of aromatic nitrogens is 2. The van der Waals surface area contributed by atoms with E-state index in [4.69, 9.17) is 0 Å². The Hall–Kier alpha value is -0.220. The van der Waals surface area contributed by atoms with Crippen LogP contribution < -0.4 is 0 Å². The second-order valence-corrected chi connectivity index (χ2v) is 2.30. The zero-order valence-corrected chi connectivity index (χ0v) is 4.47. The predicted molar refractivity (Wildman–Crippen MR) is 27.3 cm³/mol. The Morgan fingerprint density at radius 2 is 2.83 bits per heavy atom. The van der Waals surface area contributed by atoms with Crippen LogP contribution in [0.1, 0.15) is 0 Å². The molecule has 0 saturated carbocycles. The van der Waals surface area contributed by atoms with Crippen molar-refractivity contribution in [3.8, 4) is 0 Å². The minimum absolute atomic E-state index is 0.801. The van der Waals surface area contributed by atoms with E-state index < -0.39 is 0 Å². The van der Waals surface area contributed by atoms with Crippen molar-refractivity contribution >= 4 is 23.8 Å². The summed E-state index contributed by atoms with van der Waals surface area (Å²) in [6, 6.07) is 0. The van der Waals surface area contributed by atoms with Crippen LogP contribution in [0, 0.1) is 3.82 Å². The first kappa shape index (κ1) is 3.95. The Morgan fingerprint density at radius 3 is 3.00 bits per heavy atom. The summed E-state index contributed by atoms with van der Waals surface area (Å²) in [4.78, 5) is 0. The summed E-state index contributed by atoms with van der Waals surface area (Å²) >= 11 is 6.03. The van der Waals surface area contributed by atoms with Crippen LogP contribution in [0.2, 0.25) is 0 Å². The van der Waals surface area contributed by atoms with Crippen LogP contribution in [0.15, 0.2) is 6.20 Å². The molecule has 1 rings (SSSR count). The highest BCUT2D eigenvalue weighted by atomic mass is 32.2. The first-order valence-corrected chi connectivity index (χ1v) is 2.61. The van der Waals surface area contributed by atoms with E-state index in [0.717, 1.165) is 3.82 Å². The lowest BCUT2D eigenvalue weighted by Gasteiger charge is -1.48. The van der Waals surface area contributed by atoms with Gasteiger partial charge in [0.25, 0.3) is 0 Å². The molecule has 6 heavy (non-hydrogen) atoms. The van der Waals surface area contributed by atoms with Crippen molar-refractivity contribution < 1.29 is 0 Å². The highest BCUT2D eigenvalue weighted by Gasteiger charge is 1.69. The molecule has 0 saturated heterocycles. The van der Waals surface area contributed by atoms with Crippen LogP contribution >= 0.6 is 23.8 Å². The van der Waals surface area contributed by atoms with Crippen molar-refractivity contribution in [1.29, 1.82) is 0 Å². The molecular weight excluding hydrogens is 116 g/mol. The van der Waals surface area contributed by atoms with E-state index in [2.05, 4.69) is 21.8 Å². The highest BCUT2D eigenvalue weighted by molar-refractivity contribution is 7.73. The van der Waals surface area contributed by atoms with Crippen LogP contribution in [0.4, 0.5) is 0 Å². The Bertz CT molecular complexity index is 147. The molecule has 1 N–H and O–H groups in total. The van der Waals surface area contributed by atoms with Gasteiger partial charge in [-0.25, -0.2) is 4.49 Å². The van der Waals surface area contributed by atoms with Gasteiger partial charge in [0.2, 0.25) is 0 Å². The maximum absolute atomic E-state index is 4.67. The van der Waals surface area contributed by atoms with Crippen molar-refractivity contribution in [2.45, 2.75) is 0 Å². The zero-order valence-electron chi connectivity index (χ0n) is 2.84. The Morgan fingerprint density at radius 1 is 2.00 bits per heavy atom. The monoisotopic (exact) mass is 118 g/mol. The van der Waals surface area contributed by atoms with E-state index >= 15 is 0 Å². The third-order valence-corrected chi connectivity index (χ3v) is 1.23. The molecule has 0 radical (unpaired) electrons. The van der Waals surface area contributed by atoms with Crippen molar-refractivity contribution in [1.82, 2.24) is 9.59 Å². The molecule has 0 unspecified atom stereocenters. The van der Waals surface area contributed by atoms with Crippen LogP contribution in [-0.4, -0.2) is 9.59 Å². The first-order valence-electron chi connectivity index (χ1n) is 1.38. The third kappa shape index (κ3) is 0.636. The number of H-pyrrole nitrogens is 1. The fourth-order valence-electron chi connectivity index (χ4n) is 0.177. The average molecular weight is 118 g/mol. The van der Waals surface area contributed by atoms with Crippen LogP contribution in [0.5, 0.6) is 0 Å². The molecule has 0 bridgehead atoms. The predicted octanol–water partition coefficient (Wildman–Crippen LogP) is 1.20. The third-order valence-electron chi connectivity index (χ3n) is 0.369. The van der Waals surface area contributed by atoms with E-state index in [9.17, 15) is 0 Å². The molecule has 0 aliphatic carbocycles. The van der Waals surface area contributed by atoms with E-state index in [-0.39, 0.29) is 0 Å². The summed E-state index contributed by atoms with van der Waals surface area (Å²) in [6.45, 7) is 0. The summed E-state index contributed by atoms with van der Waals surface area (Å²) in [6.07, 6.45) is 1.61. The number of aromatic amines is 1. The molecule has 0 spiro atoms. The number of rotatable bonds is 0. The fourth-order valence-corrected chi connectivity index (χ4v) is 0.642. The van der Waals surface area contributed by atoms with Crippen molar-refractivity contribution in [2.75, 3.05) is 0 Å². The van der Waals surface area contributed by atoms with Crippen LogP contribution in [0.3, 0.4) is 0 Å². The number of hydrogen-bond donors (Lipinski definition) is 1. The Kier molecular flexibility index (Phi) is 0.979. The molecule has 0 fully saturated rings. The molecule has 2 nitrogen and oxygen atoms in total. The van der Waals surface area contributed by atoms with Crippen LogP contribution in [-0.2, 0) is 0 Å². The summed E-state index contributed by atoms with van der Waals surface area (Å²) in [5.74, 6) is 0. The molecule has 0 atom stereocenters. The van der Waals surface area contributed by atoms with E-state index in [1.807, 2.05) is 0 Å². The first-order chi connectivity index (χ1) is 2.89. The van der Waals surface area contributed by atoms with Crippen molar-refractivity contribution in [3.63, 3.8) is 0 Å². The van der Waals surface area contributed by atoms with Gasteiger partial charge >= 0.3 is 0 Å². The normalized spacial score (nSPS) is 8.67. The quantitative estimate of drug-likeness (QED) is 0.518. The Balaban J connectivity index is 3.41. The standard InChI is InChI=1S/C2H2N2S2/c5-2-1-3-4-6-2/h1,4H. The molecule has 1 aromatic heterocycles. The minimum atomic E-state index is 0.801. The summed E-state index contributed by atoms with van der Waals surface area (Å²) in [5.41, 5.74) is 0. The summed E-state index contributed by atoms with van der Waals surface area (Å²) in [7, 11) is 0. The Labute approximate surface area is 44.0 Å².